The lowest BCUT2D eigenvalue weighted by Crippen LogP contribution is -2.29. The third kappa shape index (κ3) is 7.60. The third-order valence-electron chi connectivity index (χ3n) is 8.22. The summed E-state index contributed by atoms with van der Waals surface area (Å²) in [4.78, 5) is 30.5. The van der Waals surface area contributed by atoms with Crippen LogP contribution in [-0.4, -0.2) is 46.4 Å². The average Bonchev–Trinajstić information content (AvgIpc) is 3.03. The number of nitrogens with zero attached hydrogens (tertiary/aromatic N) is 2. The lowest BCUT2D eigenvalue weighted by atomic mass is 9.95. The van der Waals surface area contributed by atoms with Crippen molar-refractivity contribution >= 4 is 19.5 Å². The van der Waals surface area contributed by atoms with E-state index < -0.39 is 5.81 Å². The van der Waals surface area contributed by atoms with E-state index in [-0.39, 0.29) is 23.6 Å². The topological polar surface area (TPSA) is 117 Å². The number of hydrogen-bond acceptors (Lipinski definition) is 6. The lowest BCUT2D eigenvalue weighted by molar-refractivity contribution is 0.0536. The van der Waals surface area contributed by atoms with E-state index in [9.17, 15) is 14.7 Å². The molecule has 230 valence electrons. The van der Waals surface area contributed by atoms with E-state index >= 15 is 0 Å². The second-order valence-electron chi connectivity index (χ2n) is 11.5. The number of amidine groups is 1. The van der Waals surface area contributed by atoms with Gasteiger partial charge in [0.15, 0.2) is 5.81 Å². The fourth-order valence-corrected chi connectivity index (χ4v) is 6.02. The molecule has 0 aliphatic heterocycles. The maximum atomic E-state index is 14.2. The average molecular weight is 603 g/mol. The monoisotopic (exact) mass is 602 g/mol. The Morgan fingerprint density at radius 3 is 2.47 bits per heavy atom. The minimum atomic E-state index is -0.786. The van der Waals surface area contributed by atoms with Crippen molar-refractivity contribution in [3.63, 3.8) is 0 Å². The van der Waals surface area contributed by atoms with Gasteiger partial charge >= 0.3 is 0 Å². The summed E-state index contributed by atoms with van der Waals surface area (Å²) in [6, 6.07) is 22.8. The van der Waals surface area contributed by atoms with Gasteiger partial charge in [0, 0.05) is 30.4 Å². The molecule has 0 bridgehead atoms. The number of aliphatic hydroxyl groups excluding tert-OH is 1. The largest absolute Gasteiger partial charge is 0.490 e. The Kier molecular flexibility index (Phi) is 10.3. The molecule has 0 saturated heterocycles. The normalized spacial score (nSPS) is 16.2. The standard InChI is InChI=1S/C36H39BN4O4/c1-3-8-32-31(21-23-13-15-24(16-14-23)29-11-5-6-12-30(29)34(38)40-36(37)44)35(43)41(33(4-2)39-32)25-17-19-27(20-18-25)45-28-10-7-9-26(42)22-28/h5-6,11-20,26,28,42H,3-4,7-10,21-22H2,1-2H3,(H2,38,40,44). The number of benzene rings is 3. The number of nitrogens with one attached hydrogen (secondary N) is 2. The number of ether oxygens (including phenoxy) is 1. The maximum Gasteiger partial charge on any atom is 0.261 e. The molecule has 1 aromatic heterocycles. The molecule has 1 fully saturated rings. The minimum absolute atomic E-state index is 0.00560. The zero-order chi connectivity index (χ0) is 31.9. The van der Waals surface area contributed by atoms with E-state index in [2.05, 4.69) is 12.2 Å². The van der Waals surface area contributed by atoms with Gasteiger partial charge in [-0.1, -0.05) is 68.8 Å². The fraction of sp³-hybridized carbons (Fsp3) is 0.333. The summed E-state index contributed by atoms with van der Waals surface area (Å²) in [6.07, 6.45) is 5.63. The molecule has 0 spiro atoms. The summed E-state index contributed by atoms with van der Waals surface area (Å²) in [5.41, 5.74) is 5.35. The van der Waals surface area contributed by atoms with Gasteiger partial charge in [0.25, 0.3) is 5.56 Å². The van der Waals surface area contributed by atoms with Crippen molar-refractivity contribution < 1.29 is 14.6 Å². The first-order valence-corrected chi connectivity index (χ1v) is 15.7. The molecule has 3 aromatic carbocycles. The van der Waals surface area contributed by atoms with Crippen molar-refractivity contribution in [2.75, 3.05) is 0 Å². The van der Waals surface area contributed by atoms with Crippen LogP contribution in [0.2, 0.25) is 0 Å². The van der Waals surface area contributed by atoms with Crippen molar-refractivity contribution in [3.8, 4) is 22.6 Å². The molecule has 2 radical (unpaired) electrons. The number of hydrogen-bond donors (Lipinski definition) is 3. The summed E-state index contributed by atoms with van der Waals surface area (Å²) in [5.74, 6) is 0.587. The highest BCUT2D eigenvalue weighted by atomic mass is 16.5. The first-order valence-electron chi connectivity index (χ1n) is 15.7. The van der Waals surface area contributed by atoms with Crippen LogP contribution in [0.25, 0.3) is 16.8 Å². The molecule has 4 aromatic rings. The van der Waals surface area contributed by atoms with Gasteiger partial charge in [0.05, 0.1) is 17.5 Å². The number of aryl methyl sites for hydroxylation is 2. The molecular formula is C36H39BN4O4. The highest BCUT2D eigenvalue weighted by Gasteiger charge is 2.22. The fourth-order valence-electron chi connectivity index (χ4n) is 6.02. The van der Waals surface area contributed by atoms with Crippen LogP contribution in [0.15, 0.2) is 77.6 Å². The lowest BCUT2D eigenvalue weighted by Gasteiger charge is -2.26. The second-order valence-corrected chi connectivity index (χ2v) is 11.5. The first kappa shape index (κ1) is 31.9. The zero-order valence-corrected chi connectivity index (χ0v) is 25.9. The highest BCUT2D eigenvalue weighted by Crippen LogP contribution is 2.27. The first-order chi connectivity index (χ1) is 21.8. The van der Waals surface area contributed by atoms with Gasteiger partial charge in [-0.05, 0) is 66.6 Å². The SMILES string of the molecule is [B]C(=O)NC(=N)c1ccccc1-c1ccc(Cc2c(CCC)nc(CC)n(-c3ccc(OC4CCCC(O)C4)cc3)c2=O)cc1. The number of amides is 1. The number of carbonyl (C=O) groups excluding carboxylic acids is 1. The maximum absolute atomic E-state index is 14.2. The predicted octanol–water partition coefficient (Wildman–Crippen LogP) is 5.89. The summed E-state index contributed by atoms with van der Waals surface area (Å²) >= 11 is 0. The molecule has 5 rings (SSSR count). The smallest absolute Gasteiger partial charge is 0.261 e. The van der Waals surface area contributed by atoms with Crippen LogP contribution in [0.1, 0.15) is 74.2 Å². The summed E-state index contributed by atoms with van der Waals surface area (Å²) in [6.45, 7) is 4.10. The van der Waals surface area contributed by atoms with Crippen molar-refractivity contribution in [1.29, 1.82) is 5.41 Å². The molecular weight excluding hydrogens is 563 g/mol. The van der Waals surface area contributed by atoms with Crippen LogP contribution in [0.4, 0.5) is 4.79 Å². The Bertz CT molecular complexity index is 1720. The third-order valence-corrected chi connectivity index (χ3v) is 8.22. The van der Waals surface area contributed by atoms with Gasteiger partial charge in [0.1, 0.15) is 23.5 Å². The predicted molar refractivity (Wildman–Crippen MR) is 178 cm³/mol. The van der Waals surface area contributed by atoms with Crippen LogP contribution >= 0.6 is 0 Å². The molecule has 1 amide bonds. The minimum Gasteiger partial charge on any atom is -0.490 e. The van der Waals surface area contributed by atoms with Crippen LogP contribution in [-0.2, 0) is 19.3 Å². The van der Waals surface area contributed by atoms with Crippen LogP contribution < -0.4 is 15.6 Å². The van der Waals surface area contributed by atoms with Crippen molar-refractivity contribution in [3.05, 3.63) is 111 Å². The quantitative estimate of drug-likeness (QED) is 0.119. The van der Waals surface area contributed by atoms with Gasteiger partial charge in [-0.25, -0.2) is 4.98 Å². The van der Waals surface area contributed by atoms with E-state index in [4.69, 9.17) is 23.0 Å². The number of carbonyl (C=O) groups is 1. The van der Waals surface area contributed by atoms with Gasteiger partial charge in [-0.15, -0.1) is 0 Å². The van der Waals surface area contributed by atoms with Crippen LogP contribution in [0.5, 0.6) is 5.75 Å². The number of rotatable bonds is 10. The van der Waals surface area contributed by atoms with E-state index in [0.717, 1.165) is 65.3 Å². The van der Waals surface area contributed by atoms with Gasteiger partial charge in [-0.2, -0.15) is 0 Å². The Hall–Kier alpha value is -4.50. The number of aromatic nitrogens is 2. The molecule has 2 unspecified atom stereocenters. The molecule has 8 nitrogen and oxygen atoms in total. The Morgan fingerprint density at radius 2 is 1.80 bits per heavy atom. The molecule has 9 heteroatoms. The van der Waals surface area contributed by atoms with Crippen molar-refractivity contribution in [2.45, 2.75) is 77.4 Å². The van der Waals surface area contributed by atoms with E-state index in [0.29, 0.717) is 36.8 Å². The van der Waals surface area contributed by atoms with E-state index in [1.165, 1.54) is 0 Å². The van der Waals surface area contributed by atoms with Crippen LogP contribution in [0.3, 0.4) is 0 Å². The van der Waals surface area contributed by atoms with Gasteiger partial charge in [0.2, 0.25) is 7.85 Å². The van der Waals surface area contributed by atoms with E-state index in [1.807, 2.05) is 67.6 Å². The summed E-state index contributed by atoms with van der Waals surface area (Å²) < 4.78 is 7.85. The van der Waals surface area contributed by atoms with Gasteiger partial charge < -0.3 is 15.2 Å². The molecule has 1 aliphatic carbocycles. The second kappa shape index (κ2) is 14.5. The molecule has 45 heavy (non-hydrogen) atoms. The van der Waals surface area contributed by atoms with Gasteiger partial charge in [-0.3, -0.25) is 19.6 Å². The van der Waals surface area contributed by atoms with Crippen LogP contribution in [0, 0.1) is 5.41 Å². The van der Waals surface area contributed by atoms with Crippen molar-refractivity contribution in [2.24, 2.45) is 0 Å². The van der Waals surface area contributed by atoms with E-state index in [1.54, 1.807) is 16.7 Å². The highest BCUT2D eigenvalue weighted by molar-refractivity contribution is 6.58. The summed E-state index contributed by atoms with van der Waals surface area (Å²) in [7, 11) is 5.23. The van der Waals surface area contributed by atoms with Crippen molar-refractivity contribution in [1.82, 2.24) is 14.9 Å². The Morgan fingerprint density at radius 1 is 1.07 bits per heavy atom. The molecule has 2 atom stereocenters. The zero-order valence-electron chi connectivity index (χ0n) is 25.9. The molecule has 3 N–H and O–H groups in total. The Balaban J connectivity index is 1.44. The Labute approximate surface area is 265 Å². The molecule has 1 aliphatic rings. The molecule has 1 heterocycles. The summed E-state index contributed by atoms with van der Waals surface area (Å²) in [5, 5.41) is 20.6. The number of aliphatic hydroxyl groups is 1. The molecule has 1 saturated carbocycles.